The molecule has 0 saturated carbocycles. The van der Waals surface area contributed by atoms with Gasteiger partial charge in [0, 0.05) is 6.21 Å². The van der Waals surface area contributed by atoms with Gasteiger partial charge in [-0.3, -0.25) is 4.99 Å². The summed E-state index contributed by atoms with van der Waals surface area (Å²) in [5.74, 6) is 0.522. The summed E-state index contributed by atoms with van der Waals surface area (Å²) in [5, 5.41) is 0. The summed E-state index contributed by atoms with van der Waals surface area (Å²) in [6.45, 7) is 4.91. The zero-order valence-electron chi connectivity index (χ0n) is 5.29. The van der Waals surface area contributed by atoms with Gasteiger partial charge < -0.3 is 4.74 Å². The van der Waals surface area contributed by atoms with Crippen LogP contribution in [0.25, 0.3) is 0 Å². The van der Waals surface area contributed by atoms with Crippen molar-refractivity contribution in [3.05, 3.63) is 0 Å². The number of rotatable bonds is 1. The van der Waals surface area contributed by atoms with Gasteiger partial charge in [0.25, 0.3) is 0 Å². The van der Waals surface area contributed by atoms with Gasteiger partial charge in [-0.2, -0.15) is 0 Å². The van der Waals surface area contributed by atoms with Gasteiger partial charge >= 0.3 is 0 Å². The van der Waals surface area contributed by atoms with Gasteiger partial charge in [0.05, 0.1) is 6.61 Å². The lowest BCUT2D eigenvalue weighted by atomic mass is 10.2. The van der Waals surface area contributed by atoms with E-state index in [9.17, 15) is 0 Å². The molecule has 1 heterocycles. The summed E-state index contributed by atoms with van der Waals surface area (Å²) >= 11 is 0. The minimum Gasteiger partial charge on any atom is -0.351 e. The molecule has 1 aliphatic rings. The molecule has 0 aromatic heterocycles. The number of hydrogen-bond acceptors (Lipinski definition) is 2. The molecule has 46 valence electrons. The van der Waals surface area contributed by atoms with E-state index >= 15 is 0 Å². The topological polar surface area (TPSA) is 21.6 Å². The van der Waals surface area contributed by atoms with Crippen LogP contribution in [0.4, 0.5) is 0 Å². The lowest BCUT2D eigenvalue weighted by Gasteiger charge is -2.09. The first-order chi connectivity index (χ1) is 3.80. The van der Waals surface area contributed by atoms with Crippen LogP contribution < -0.4 is 0 Å². The van der Waals surface area contributed by atoms with E-state index in [-0.39, 0.29) is 6.23 Å². The highest BCUT2D eigenvalue weighted by atomic mass is 16.5. The van der Waals surface area contributed by atoms with Crippen LogP contribution in [-0.4, -0.2) is 19.0 Å². The normalized spacial score (nSPS) is 27.6. The second kappa shape index (κ2) is 2.27. The molecular weight excluding hydrogens is 102 g/mol. The second-order valence-corrected chi connectivity index (χ2v) is 2.30. The third-order valence-corrected chi connectivity index (χ3v) is 1.16. The molecule has 0 bridgehead atoms. The first-order valence-corrected chi connectivity index (χ1v) is 2.94. The van der Waals surface area contributed by atoms with Crippen molar-refractivity contribution in [3.63, 3.8) is 0 Å². The largest absolute Gasteiger partial charge is 0.351 e. The average molecular weight is 113 g/mol. The van der Waals surface area contributed by atoms with Crippen molar-refractivity contribution in [2.45, 2.75) is 20.1 Å². The summed E-state index contributed by atoms with van der Waals surface area (Å²) in [5.41, 5.74) is 0. The summed E-state index contributed by atoms with van der Waals surface area (Å²) in [6, 6.07) is 0. The van der Waals surface area contributed by atoms with Gasteiger partial charge in [-0.05, 0) is 5.92 Å². The predicted octanol–water partition coefficient (Wildman–Crippen LogP) is 1.07. The minimum absolute atomic E-state index is 0.134. The number of ether oxygens (including phenoxy) is 1. The van der Waals surface area contributed by atoms with Crippen LogP contribution in [0, 0.1) is 5.92 Å². The third kappa shape index (κ3) is 1.07. The predicted molar refractivity (Wildman–Crippen MR) is 33.1 cm³/mol. The zero-order valence-corrected chi connectivity index (χ0v) is 5.29. The minimum atomic E-state index is 0.134. The summed E-state index contributed by atoms with van der Waals surface area (Å²) in [7, 11) is 0. The highest BCUT2D eigenvalue weighted by Gasteiger charge is 2.13. The Balaban J connectivity index is 2.36. The molecule has 2 heteroatoms. The molecular formula is C6H11NO. The fourth-order valence-electron chi connectivity index (χ4n) is 0.696. The quantitative estimate of drug-likeness (QED) is 0.498. The van der Waals surface area contributed by atoms with E-state index in [1.165, 1.54) is 0 Å². The van der Waals surface area contributed by atoms with Crippen molar-refractivity contribution >= 4 is 6.21 Å². The van der Waals surface area contributed by atoms with E-state index in [1.807, 2.05) is 6.21 Å². The smallest absolute Gasteiger partial charge is 0.150 e. The Morgan fingerprint density at radius 1 is 1.75 bits per heavy atom. The molecule has 1 rings (SSSR count). The van der Waals surface area contributed by atoms with Gasteiger partial charge in [0.1, 0.15) is 0 Å². The Hall–Kier alpha value is -0.370. The molecule has 1 atom stereocenters. The fraction of sp³-hybridized carbons (Fsp3) is 0.833. The number of hydrogen-bond donors (Lipinski definition) is 0. The monoisotopic (exact) mass is 113 g/mol. The van der Waals surface area contributed by atoms with Crippen LogP contribution in [0.15, 0.2) is 4.99 Å². The molecule has 0 aliphatic carbocycles. The van der Waals surface area contributed by atoms with Crippen molar-refractivity contribution in [2.24, 2.45) is 10.9 Å². The number of aliphatic imine (C=N–C) groups is 1. The SMILES string of the molecule is CC(C)C1N=CCO1. The maximum atomic E-state index is 5.19. The van der Waals surface area contributed by atoms with Gasteiger partial charge in [-0.25, -0.2) is 0 Å². The standard InChI is InChI=1S/C6H11NO/c1-5(2)6-7-3-4-8-6/h3,5-6H,4H2,1-2H3. The second-order valence-electron chi connectivity index (χ2n) is 2.30. The van der Waals surface area contributed by atoms with E-state index < -0.39 is 0 Å². The Bertz CT molecular complexity index is 98.7. The van der Waals surface area contributed by atoms with Crippen molar-refractivity contribution in [3.8, 4) is 0 Å². The molecule has 0 aromatic carbocycles. The maximum absolute atomic E-state index is 5.19. The first-order valence-electron chi connectivity index (χ1n) is 2.94. The van der Waals surface area contributed by atoms with Crippen LogP contribution in [0.2, 0.25) is 0 Å². The summed E-state index contributed by atoms with van der Waals surface area (Å²) < 4.78 is 5.19. The lowest BCUT2D eigenvalue weighted by molar-refractivity contribution is 0.0733. The van der Waals surface area contributed by atoms with Crippen LogP contribution in [0.1, 0.15) is 13.8 Å². The highest BCUT2D eigenvalue weighted by molar-refractivity contribution is 5.60. The van der Waals surface area contributed by atoms with Gasteiger partial charge in [0.2, 0.25) is 0 Å². The van der Waals surface area contributed by atoms with Gasteiger partial charge in [-0.1, -0.05) is 13.8 Å². The summed E-state index contributed by atoms with van der Waals surface area (Å²) in [4.78, 5) is 4.09. The molecule has 2 nitrogen and oxygen atoms in total. The first kappa shape index (κ1) is 5.76. The third-order valence-electron chi connectivity index (χ3n) is 1.16. The van der Waals surface area contributed by atoms with Crippen LogP contribution in [0.3, 0.4) is 0 Å². The van der Waals surface area contributed by atoms with E-state index in [0.717, 1.165) is 0 Å². The maximum Gasteiger partial charge on any atom is 0.150 e. The molecule has 0 saturated heterocycles. The number of nitrogens with zero attached hydrogens (tertiary/aromatic N) is 1. The van der Waals surface area contributed by atoms with Crippen molar-refractivity contribution in [1.29, 1.82) is 0 Å². The van der Waals surface area contributed by atoms with Crippen molar-refractivity contribution < 1.29 is 4.74 Å². The molecule has 8 heavy (non-hydrogen) atoms. The molecule has 0 radical (unpaired) electrons. The molecule has 0 fully saturated rings. The van der Waals surface area contributed by atoms with Crippen LogP contribution >= 0.6 is 0 Å². The van der Waals surface area contributed by atoms with E-state index in [0.29, 0.717) is 12.5 Å². The lowest BCUT2D eigenvalue weighted by Crippen LogP contribution is -2.11. The Labute approximate surface area is 49.6 Å². The highest BCUT2D eigenvalue weighted by Crippen LogP contribution is 2.09. The Morgan fingerprint density at radius 2 is 2.50 bits per heavy atom. The molecule has 1 unspecified atom stereocenters. The Kier molecular flexibility index (Phi) is 1.63. The van der Waals surface area contributed by atoms with E-state index in [2.05, 4.69) is 18.8 Å². The van der Waals surface area contributed by atoms with Crippen LogP contribution in [0.5, 0.6) is 0 Å². The van der Waals surface area contributed by atoms with Crippen molar-refractivity contribution in [1.82, 2.24) is 0 Å². The van der Waals surface area contributed by atoms with Crippen LogP contribution in [-0.2, 0) is 4.74 Å². The van der Waals surface area contributed by atoms with Crippen molar-refractivity contribution in [2.75, 3.05) is 6.61 Å². The fourth-order valence-corrected chi connectivity index (χ4v) is 0.696. The van der Waals surface area contributed by atoms with E-state index in [1.54, 1.807) is 0 Å². The van der Waals surface area contributed by atoms with E-state index in [4.69, 9.17) is 4.74 Å². The average Bonchev–Trinajstić information content (AvgIpc) is 2.12. The van der Waals surface area contributed by atoms with Gasteiger partial charge in [0.15, 0.2) is 6.23 Å². The molecule has 1 aliphatic heterocycles. The molecule has 0 spiro atoms. The summed E-state index contributed by atoms with van der Waals surface area (Å²) in [6.07, 6.45) is 1.96. The Morgan fingerprint density at radius 3 is 2.75 bits per heavy atom. The van der Waals surface area contributed by atoms with Gasteiger partial charge in [-0.15, -0.1) is 0 Å². The molecule has 0 N–H and O–H groups in total. The molecule has 0 aromatic rings. The molecule has 0 amide bonds. The zero-order chi connectivity index (χ0) is 5.98.